The Kier molecular flexibility index (Phi) is 6.34. The molecule has 0 heterocycles. The normalized spacial score (nSPS) is 16.0. The van der Waals surface area contributed by atoms with Crippen LogP contribution in [-0.4, -0.2) is 24.3 Å². The fourth-order valence-corrected chi connectivity index (χ4v) is 2.91. The SMILES string of the molecule is CC(C)(C)OC(=O)NCC(NCc1cc(Cl)ccc1Br)C1CC1. The van der Waals surface area contributed by atoms with Crippen molar-refractivity contribution in [3.8, 4) is 0 Å². The maximum Gasteiger partial charge on any atom is 0.407 e. The Labute approximate surface area is 151 Å². The Hall–Kier alpha value is -0.780. The molecule has 2 N–H and O–H groups in total. The first-order chi connectivity index (χ1) is 10.7. The van der Waals surface area contributed by atoms with E-state index in [1.807, 2.05) is 39.0 Å². The second kappa shape index (κ2) is 7.86. The van der Waals surface area contributed by atoms with Crippen LogP contribution in [0.15, 0.2) is 22.7 Å². The minimum atomic E-state index is -0.474. The summed E-state index contributed by atoms with van der Waals surface area (Å²) in [7, 11) is 0. The molecule has 0 bridgehead atoms. The quantitative estimate of drug-likeness (QED) is 0.735. The van der Waals surface area contributed by atoms with Crippen molar-refractivity contribution in [2.75, 3.05) is 6.54 Å². The molecule has 1 aliphatic rings. The summed E-state index contributed by atoms with van der Waals surface area (Å²) in [5.41, 5.74) is 0.638. The summed E-state index contributed by atoms with van der Waals surface area (Å²) in [6.45, 7) is 6.86. The average Bonchev–Trinajstić information content (AvgIpc) is 3.25. The molecular formula is C17H24BrClN2O2. The Morgan fingerprint density at radius 2 is 2.13 bits per heavy atom. The Morgan fingerprint density at radius 3 is 2.74 bits per heavy atom. The fraction of sp³-hybridized carbons (Fsp3) is 0.588. The number of halogens is 2. The lowest BCUT2D eigenvalue weighted by molar-refractivity contribution is 0.0521. The third kappa shape index (κ3) is 6.69. The zero-order valence-corrected chi connectivity index (χ0v) is 16.1. The van der Waals surface area contributed by atoms with Crippen molar-refractivity contribution in [3.63, 3.8) is 0 Å². The van der Waals surface area contributed by atoms with E-state index in [1.165, 1.54) is 12.8 Å². The smallest absolute Gasteiger partial charge is 0.407 e. The average molecular weight is 404 g/mol. The second-order valence-corrected chi connectivity index (χ2v) is 8.23. The molecule has 128 valence electrons. The molecule has 0 spiro atoms. The van der Waals surface area contributed by atoms with Crippen LogP contribution in [0.1, 0.15) is 39.2 Å². The number of rotatable bonds is 6. The number of benzene rings is 1. The topological polar surface area (TPSA) is 50.4 Å². The highest BCUT2D eigenvalue weighted by Gasteiger charge is 2.31. The van der Waals surface area contributed by atoms with Crippen molar-refractivity contribution in [1.82, 2.24) is 10.6 Å². The van der Waals surface area contributed by atoms with Crippen molar-refractivity contribution >= 4 is 33.6 Å². The van der Waals surface area contributed by atoms with Crippen molar-refractivity contribution in [3.05, 3.63) is 33.3 Å². The molecule has 2 rings (SSSR count). The summed E-state index contributed by atoms with van der Waals surface area (Å²) in [5.74, 6) is 0.614. The van der Waals surface area contributed by atoms with Gasteiger partial charge < -0.3 is 15.4 Å². The van der Waals surface area contributed by atoms with Crippen LogP contribution in [0.25, 0.3) is 0 Å². The summed E-state index contributed by atoms with van der Waals surface area (Å²) < 4.78 is 6.31. The molecule has 0 aliphatic heterocycles. The maximum absolute atomic E-state index is 11.8. The summed E-state index contributed by atoms with van der Waals surface area (Å²) in [5, 5.41) is 7.11. The van der Waals surface area contributed by atoms with Gasteiger partial charge in [-0.1, -0.05) is 27.5 Å². The van der Waals surface area contributed by atoms with E-state index in [1.54, 1.807) is 0 Å². The van der Waals surface area contributed by atoms with E-state index in [-0.39, 0.29) is 12.1 Å². The molecule has 1 fully saturated rings. The molecule has 1 aromatic carbocycles. The standard InChI is InChI=1S/C17H24BrClN2O2/c1-17(2,3)23-16(22)21-10-15(11-4-5-11)20-9-12-8-13(19)6-7-14(12)18/h6-8,11,15,20H,4-5,9-10H2,1-3H3,(H,21,22). The molecule has 1 unspecified atom stereocenters. The van der Waals surface area contributed by atoms with Crippen molar-refractivity contribution < 1.29 is 9.53 Å². The monoisotopic (exact) mass is 402 g/mol. The molecule has 0 aromatic heterocycles. The molecule has 1 saturated carbocycles. The highest BCUT2D eigenvalue weighted by molar-refractivity contribution is 9.10. The van der Waals surface area contributed by atoms with E-state index in [0.29, 0.717) is 19.0 Å². The van der Waals surface area contributed by atoms with E-state index < -0.39 is 5.60 Å². The highest BCUT2D eigenvalue weighted by Crippen LogP contribution is 2.33. The lowest BCUT2D eigenvalue weighted by Crippen LogP contribution is -2.43. The third-order valence-electron chi connectivity index (χ3n) is 3.62. The number of amides is 1. The number of nitrogens with one attached hydrogen (secondary N) is 2. The van der Waals surface area contributed by atoms with Gasteiger partial charge in [0.2, 0.25) is 0 Å². The number of carbonyl (C=O) groups is 1. The van der Waals surface area contributed by atoms with Gasteiger partial charge in [-0.25, -0.2) is 4.79 Å². The molecule has 23 heavy (non-hydrogen) atoms. The highest BCUT2D eigenvalue weighted by atomic mass is 79.9. The van der Waals surface area contributed by atoms with E-state index >= 15 is 0 Å². The molecule has 1 aliphatic carbocycles. The van der Waals surface area contributed by atoms with Gasteiger partial charge in [-0.3, -0.25) is 0 Å². The minimum absolute atomic E-state index is 0.244. The fourth-order valence-electron chi connectivity index (χ4n) is 2.33. The lowest BCUT2D eigenvalue weighted by atomic mass is 10.1. The predicted octanol–water partition coefficient (Wildman–Crippen LogP) is 4.50. The summed E-state index contributed by atoms with van der Waals surface area (Å²) in [6, 6.07) is 6.00. The number of hydrogen-bond donors (Lipinski definition) is 2. The third-order valence-corrected chi connectivity index (χ3v) is 4.63. The number of hydrogen-bond acceptors (Lipinski definition) is 3. The Morgan fingerprint density at radius 1 is 1.43 bits per heavy atom. The van der Waals surface area contributed by atoms with Crippen LogP contribution in [0, 0.1) is 5.92 Å². The van der Waals surface area contributed by atoms with Gasteiger partial charge in [0, 0.05) is 28.6 Å². The van der Waals surface area contributed by atoms with Crippen LogP contribution in [0.2, 0.25) is 5.02 Å². The summed E-state index contributed by atoms with van der Waals surface area (Å²) >= 11 is 9.59. The van der Waals surface area contributed by atoms with Gasteiger partial charge in [-0.2, -0.15) is 0 Å². The molecule has 0 saturated heterocycles. The second-order valence-electron chi connectivity index (χ2n) is 6.94. The Balaban J connectivity index is 1.85. The first-order valence-corrected chi connectivity index (χ1v) is 9.06. The molecule has 1 aromatic rings. The van der Waals surface area contributed by atoms with Crippen LogP contribution >= 0.6 is 27.5 Å². The zero-order valence-electron chi connectivity index (χ0n) is 13.8. The van der Waals surface area contributed by atoms with E-state index in [0.717, 1.165) is 15.1 Å². The van der Waals surface area contributed by atoms with Crippen molar-refractivity contribution in [2.45, 2.75) is 51.8 Å². The van der Waals surface area contributed by atoms with E-state index in [2.05, 4.69) is 26.6 Å². The van der Waals surface area contributed by atoms with E-state index in [9.17, 15) is 4.79 Å². The van der Waals surface area contributed by atoms with Gasteiger partial charge in [0.1, 0.15) is 5.60 Å². The summed E-state index contributed by atoms with van der Waals surface area (Å²) in [6.07, 6.45) is 2.03. The molecule has 1 amide bonds. The van der Waals surface area contributed by atoms with Gasteiger partial charge in [0.05, 0.1) is 0 Å². The van der Waals surface area contributed by atoms with Gasteiger partial charge >= 0.3 is 6.09 Å². The minimum Gasteiger partial charge on any atom is -0.444 e. The Bertz CT molecular complexity index is 556. The predicted molar refractivity (Wildman–Crippen MR) is 96.7 cm³/mol. The maximum atomic E-state index is 11.8. The van der Waals surface area contributed by atoms with Crippen LogP contribution in [0.5, 0.6) is 0 Å². The van der Waals surface area contributed by atoms with Crippen molar-refractivity contribution in [1.29, 1.82) is 0 Å². The molecule has 6 heteroatoms. The molecular weight excluding hydrogens is 380 g/mol. The van der Waals surface area contributed by atoms with Gasteiger partial charge in [-0.05, 0) is 63.3 Å². The van der Waals surface area contributed by atoms with Gasteiger partial charge in [-0.15, -0.1) is 0 Å². The first-order valence-electron chi connectivity index (χ1n) is 7.89. The van der Waals surface area contributed by atoms with Gasteiger partial charge in [0.25, 0.3) is 0 Å². The van der Waals surface area contributed by atoms with Crippen LogP contribution in [0.4, 0.5) is 4.79 Å². The molecule has 1 atom stereocenters. The zero-order chi connectivity index (χ0) is 17.0. The largest absolute Gasteiger partial charge is 0.444 e. The van der Waals surface area contributed by atoms with Gasteiger partial charge in [0.15, 0.2) is 0 Å². The van der Waals surface area contributed by atoms with Crippen LogP contribution in [0.3, 0.4) is 0 Å². The summed E-state index contributed by atoms with van der Waals surface area (Å²) in [4.78, 5) is 11.8. The van der Waals surface area contributed by atoms with Crippen LogP contribution < -0.4 is 10.6 Å². The van der Waals surface area contributed by atoms with Crippen LogP contribution in [-0.2, 0) is 11.3 Å². The number of alkyl carbamates (subject to hydrolysis) is 1. The van der Waals surface area contributed by atoms with Crippen molar-refractivity contribution in [2.24, 2.45) is 5.92 Å². The lowest BCUT2D eigenvalue weighted by Gasteiger charge is -2.23. The molecule has 4 nitrogen and oxygen atoms in total. The molecule has 0 radical (unpaired) electrons. The number of carbonyl (C=O) groups excluding carboxylic acids is 1. The number of ether oxygens (including phenoxy) is 1. The first kappa shape index (κ1) is 18.6. The van der Waals surface area contributed by atoms with E-state index in [4.69, 9.17) is 16.3 Å².